The van der Waals surface area contributed by atoms with Crippen LogP contribution in [0.5, 0.6) is 0 Å². The zero-order chi connectivity index (χ0) is 16.9. The minimum atomic E-state index is -0.226. The summed E-state index contributed by atoms with van der Waals surface area (Å²) in [6, 6.07) is 12.6. The number of halogens is 2. The monoisotopic (exact) mass is 361 g/mol. The van der Waals surface area contributed by atoms with Gasteiger partial charge < -0.3 is 0 Å². The molecule has 24 heavy (non-hydrogen) atoms. The van der Waals surface area contributed by atoms with E-state index in [4.69, 9.17) is 23.2 Å². The predicted molar refractivity (Wildman–Crippen MR) is 94.3 cm³/mol. The van der Waals surface area contributed by atoms with Crippen molar-refractivity contribution < 1.29 is 4.79 Å². The molecule has 0 spiro atoms. The summed E-state index contributed by atoms with van der Waals surface area (Å²) in [5.41, 5.74) is 4.82. The van der Waals surface area contributed by atoms with E-state index in [0.29, 0.717) is 22.2 Å². The van der Waals surface area contributed by atoms with Gasteiger partial charge in [0.25, 0.3) is 0 Å². The lowest BCUT2D eigenvalue weighted by atomic mass is 10.2. The first-order chi connectivity index (χ1) is 11.6. The fraction of sp³-hybridized carbons (Fsp3) is 0.125. The minimum Gasteiger partial charge on any atom is -0.273 e. The van der Waals surface area contributed by atoms with E-state index in [9.17, 15) is 4.79 Å². The van der Waals surface area contributed by atoms with E-state index >= 15 is 0 Å². The third-order valence-electron chi connectivity index (χ3n) is 3.33. The van der Waals surface area contributed by atoms with Crippen LogP contribution in [0.2, 0.25) is 10.0 Å². The number of aromatic nitrogens is 3. The van der Waals surface area contributed by atoms with Gasteiger partial charge in [-0.2, -0.15) is 5.10 Å². The summed E-state index contributed by atoms with van der Waals surface area (Å²) in [7, 11) is 0. The molecule has 0 aliphatic heterocycles. The second-order valence-electron chi connectivity index (χ2n) is 5.01. The summed E-state index contributed by atoms with van der Waals surface area (Å²) >= 11 is 11.8. The molecule has 0 saturated carbocycles. The highest BCUT2D eigenvalue weighted by molar-refractivity contribution is 6.36. The zero-order valence-corrected chi connectivity index (χ0v) is 14.0. The number of nitrogens with one attached hydrogen (secondary N) is 1. The fourth-order valence-electron chi connectivity index (χ4n) is 2.13. The molecule has 3 aromatic rings. The molecule has 8 heteroatoms. The second kappa shape index (κ2) is 7.42. The molecule has 0 atom stereocenters. The number of carbonyl (C=O) groups excluding carboxylic acids is 1. The van der Waals surface area contributed by atoms with Crippen molar-refractivity contribution in [3.05, 3.63) is 58.1 Å². The lowest BCUT2D eigenvalue weighted by Crippen LogP contribution is -2.19. The molecule has 0 bridgehead atoms. The summed E-state index contributed by atoms with van der Waals surface area (Å²) in [6.45, 7) is 0.420. The van der Waals surface area contributed by atoms with Crippen molar-refractivity contribution in [3.8, 4) is 0 Å². The van der Waals surface area contributed by atoms with E-state index in [0.717, 1.165) is 11.0 Å². The maximum Gasteiger partial charge on any atom is 0.241 e. The van der Waals surface area contributed by atoms with Gasteiger partial charge in [0.1, 0.15) is 5.52 Å². The van der Waals surface area contributed by atoms with Crippen molar-refractivity contribution in [2.45, 2.75) is 13.0 Å². The zero-order valence-electron chi connectivity index (χ0n) is 12.5. The Morgan fingerprint density at radius 3 is 2.92 bits per heavy atom. The van der Waals surface area contributed by atoms with Gasteiger partial charge >= 0.3 is 0 Å². The van der Waals surface area contributed by atoms with Crippen LogP contribution in [0.25, 0.3) is 11.0 Å². The van der Waals surface area contributed by atoms with Crippen LogP contribution in [0.3, 0.4) is 0 Å². The number of hydrogen-bond donors (Lipinski definition) is 1. The molecule has 0 fully saturated rings. The first kappa shape index (κ1) is 16.4. The maximum atomic E-state index is 11.9. The largest absolute Gasteiger partial charge is 0.273 e. The van der Waals surface area contributed by atoms with Gasteiger partial charge in [0, 0.05) is 17.0 Å². The lowest BCUT2D eigenvalue weighted by Gasteiger charge is -2.02. The molecule has 1 aromatic heterocycles. The quantitative estimate of drug-likeness (QED) is 0.559. The second-order valence-corrected chi connectivity index (χ2v) is 5.85. The Hall–Kier alpha value is -2.44. The Bertz CT molecular complexity index is 906. The van der Waals surface area contributed by atoms with Crippen LogP contribution < -0.4 is 5.43 Å². The first-order valence-electron chi connectivity index (χ1n) is 7.18. The highest BCUT2D eigenvalue weighted by Crippen LogP contribution is 2.19. The number of hydrogen-bond acceptors (Lipinski definition) is 4. The van der Waals surface area contributed by atoms with Crippen LogP contribution in [0.1, 0.15) is 12.0 Å². The summed E-state index contributed by atoms with van der Waals surface area (Å²) in [5.74, 6) is -0.226. The van der Waals surface area contributed by atoms with E-state index < -0.39 is 0 Å². The summed E-state index contributed by atoms with van der Waals surface area (Å²) in [5, 5.41) is 13.0. The number of fused-ring (bicyclic) bond motifs is 1. The molecule has 1 N–H and O–H groups in total. The van der Waals surface area contributed by atoms with E-state index in [1.807, 2.05) is 24.3 Å². The van der Waals surface area contributed by atoms with Gasteiger partial charge in [0.15, 0.2) is 0 Å². The molecule has 0 unspecified atom stereocenters. The van der Waals surface area contributed by atoms with E-state index in [-0.39, 0.29) is 12.3 Å². The number of carbonyl (C=O) groups is 1. The Kier molecular flexibility index (Phi) is 5.08. The molecule has 2 aromatic carbocycles. The third kappa shape index (κ3) is 3.90. The van der Waals surface area contributed by atoms with E-state index in [2.05, 4.69) is 20.8 Å². The van der Waals surface area contributed by atoms with Crippen molar-refractivity contribution in [1.29, 1.82) is 0 Å². The van der Waals surface area contributed by atoms with Gasteiger partial charge in [-0.3, -0.25) is 4.79 Å². The highest BCUT2D eigenvalue weighted by Gasteiger charge is 2.06. The molecule has 0 aliphatic rings. The molecule has 0 aliphatic carbocycles. The summed E-state index contributed by atoms with van der Waals surface area (Å²) in [6.07, 6.45) is 1.71. The molecule has 1 heterocycles. The molecule has 6 nitrogen and oxygen atoms in total. The van der Waals surface area contributed by atoms with E-state index in [1.54, 1.807) is 22.9 Å². The van der Waals surface area contributed by atoms with Gasteiger partial charge in [0.2, 0.25) is 5.91 Å². The molecular formula is C16H13Cl2N5O. The molecule has 0 saturated heterocycles. The van der Waals surface area contributed by atoms with Crippen LogP contribution in [0.15, 0.2) is 47.6 Å². The number of aryl methyl sites for hydroxylation is 1. The van der Waals surface area contributed by atoms with Crippen molar-refractivity contribution in [2.75, 3.05) is 0 Å². The molecule has 3 rings (SSSR count). The van der Waals surface area contributed by atoms with Crippen molar-refractivity contribution >= 4 is 46.4 Å². The van der Waals surface area contributed by atoms with Crippen LogP contribution in [-0.2, 0) is 11.3 Å². The van der Waals surface area contributed by atoms with Gasteiger partial charge in [0.05, 0.1) is 23.3 Å². The van der Waals surface area contributed by atoms with Crippen LogP contribution in [0.4, 0.5) is 0 Å². The maximum absolute atomic E-state index is 11.9. The Morgan fingerprint density at radius 1 is 1.25 bits per heavy atom. The van der Waals surface area contributed by atoms with Gasteiger partial charge in [-0.05, 0) is 24.3 Å². The number of amides is 1. The SMILES string of the molecule is O=C(CCn1nnc2ccccc21)NN=Cc1ccc(Cl)cc1Cl. The smallest absolute Gasteiger partial charge is 0.241 e. The molecule has 0 radical (unpaired) electrons. The summed E-state index contributed by atoms with van der Waals surface area (Å²) in [4.78, 5) is 11.9. The highest BCUT2D eigenvalue weighted by atomic mass is 35.5. The Morgan fingerprint density at radius 2 is 2.08 bits per heavy atom. The van der Waals surface area contributed by atoms with Crippen molar-refractivity contribution in [1.82, 2.24) is 20.4 Å². The third-order valence-corrected chi connectivity index (χ3v) is 3.89. The van der Waals surface area contributed by atoms with Crippen LogP contribution in [0, 0.1) is 0 Å². The van der Waals surface area contributed by atoms with E-state index in [1.165, 1.54) is 6.21 Å². The predicted octanol–water partition coefficient (Wildman–Crippen LogP) is 3.28. The van der Waals surface area contributed by atoms with Crippen LogP contribution in [-0.4, -0.2) is 27.1 Å². The molecular weight excluding hydrogens is 349 g/mol. The fourth-order valence-corrected chi connectivity index (χ4v) is 2.58. The van der Waals surface area contributed by atoms with Crippen molar-refractivity contribution in [3.63, 3.8) is 0 Å². The number of para-hydroxylation sites is 1. The molecule has 122 valence electrons. The Balaban J connectivity index is 1.55. The average molecular weight is 362 g/mol. The normalized spacial score (nSPS) is 11.2. The van der Waals surface area contributed by atoms with Gasteiger partial charge in [-0.15, -0.1) is 5.10 Å². The number of benzene rings is 2. The van der Waals surface area contributed by atoms with Crippen LogP contribution >= 0.6 is 23.2 Å². The number of nitrogens with zero attached hydrogens (tertiary/aromatic N) is 4. The Labute approximate surface area is 148 Å². The number of rotatable bonds is 5. The summed E-state index contributed by atoms with van der Waals surface area (Å²) < 4.78 is 1.69. The average Bonchev–Trinajstić information content (AvgIpc) is 2.98. The first-order valence-corrected chi connectivity index (χ1v) is 7.94. The van der Waals surface area contributed by atoms with Gasteiger partial charge in [-0.25, -0.2) is 10.1 Å². The molecule has 1 amide bonds. The topological polar surface area (TPSA) is 72.2 Å². The minimum absolute atomic E-state index is 0.226. The van der Waals surface area contributed by atoms with Gasteiger partial charge in [-0.1, -0.05) is 46.6 Å². The number of hydrazone groups is 1. The van der Waals surface area contributed by atoms with Crippen molar-refractivity contribution in [2.24, 2.45) is 5.10 Å². The standard InChI is InChI=1S/C16H13Cl2N5O/c17-12-6-5-11(13(18)9-12)10-19-21-16(24)7-8-23-15-4-2-1-3-14(15)20-22-23/h1-6,9-10H,7-8H2,(H,21,24). The lowest BCUT2D eigenvalue weighted by molar-refractivity contribution is -0.121.